The van der Waals surface area contributed by atoms with E-state index in [-0.39, 0.29) is 25.7 Å². The van der Waals surface area contributed by atoms with Crippen molar-refractivity contribution in [3.8, 4) is 0 Å². The van der Waals surface area contributed by atoms with Gasteiger partial charge < -0.3 is 33.8 Å². The molecule has 0 amide bonds. The molecule has 0 aromatic rings. The van der Waals surface area contributed by atoms with Crippen LogP contribution < -0.4 is 0 Å². The minimum atomic E-state index is -4.97. The van der Waals surface area contributed by atoms with Crippen LogP contribution in [0, 0.1) is 11.8 Å². The van der Waals surface area contributed by atoms with Gasteiger partial charge in [-0.15, -0.1) is 0 Å². The van der Waals surface area contributed by atoms with E-state index in [1.165, 1.54) is 276 Å². The van der Waals surface area contributed by atoms with Gasteiger partial charge >= 0.3 is 39.5 Å². The first-order valence-corrected chi connectivity index (χ1v) is 47.5. The van der Waals surface area contributed by atoms with E-state index < -0.39 is 97.5 Å². The summed E-state index contributed by atoms with van der Waals surface area (Å²) in [6.07, 6.45) is 69.4. The molecule has 624 valence electrons. The number of hydrogen-bond acceptors (Lipinski definition) is 15. The van der Waals surface area contributed by atoms with Crippen LogP contribution in [0.5, 0.6) is 0 Å². The largest absolute Gasteiger partial charge is 0.472 e. The van der Waals surface area contributed by atoms with E-state index in [0.29, 0.717) is 25.7 Å². The van der Waals surface area contributed by atoms with Crippen LogP contribution in [0.3, 0.4) is 0 Å². The van der Waals surface area contributed by atoms with Gasteiger partial charge in [-0.3, -0.25) is 37.3 Å². The monoisotopic (exact) mass is 1540 g/mol. The summed E-state index contributed by atoms with van der Waals surface area (Å²) in [4.78, 5) is 73.3. The average Bonchev–Trinajstić information content (AvgIpc) is 0.906. The third-order valence-corrected chi connectivity index (χ3v) is 22.5. The lowest BCUT2D eigenvalue weighted by molar-refractivity contribution is -0.161. The molecule has 0 spiro atoms. The Kier molecular flexibility index (Phi) is 76.0. The van der Waals surface area contributed by atoms with E-state index in [9.17, 15) is 43.2 Å². The van der Waals surface area contributed by atoms with Gasteiger partial charge in [0.15, 0.2) is 12.2 Å². The first-order valence-electron chi connectivity index (χ1n) is 44.5. The lowest BCUT2D eigenvalue weighted by Crippen LogP contribution is -2.30. The number of esters is 4. The normalized spacial score (nSPS) is 14.1. The average molecular weight is 1540 g/mol. The van der Waals surface area contributed by atoms with Gasteiger partial charge in [0.1, 0.15) is 19.3 Å². The van der Waals surface area contributed by atoms with Crippen molar-refractivity contribution >= 4 is 39.5 Å². The first-order chi connectivity index (χ1) is 50.9. The highest BCUT2D eigenvalue weighted by molar-refractivity contribution is 7.47. The molecule has 0 saturated heterocycles. The van der Waals surface area contributed by atoms with Crippen molar-refractivity contribution in [1.82, 2.24) is 0 Å². The van der Waals surface area contributed by atoms with Crippen molar-refractivity contribution < 1.29 is 80.2 Å². The zero-order valence-corrected chi connectivity index (χ0v) is 70.8. The van der Waals surface area contributed by atoms with Gasteiger partial charge in [-0.05, 0) is 37.5 Å². The zero-order chi connectivity index (χ0) is 77.1. The summed E-state index contributed by atoms with van der Waals surface area (Å²) in [5.41, 5.74) is 0. The number of ether oxygens (including phenoxy) is 4. The van der Waals surface area contributed by atoms with Crippen LogP contribution in [0.1, 0.15) is 459 Å². The highest BCUT2D eigenvalue weighted by Crippen LogP contribution is 2.45. The quantitative estimate of drug-likeness (QED) is 0.0222. The molecule has 0 bridgehead atoms. The fourth-order valence-electron chi connectivity index (χ4n) is 13.4. The van der Waals surface area contributed by atoms with Crippen molar-refractivity contribution in [3.05, 3.63) is 0 Å². The van der Waals surface area contributed by atoms with Crippen LogP contribution in [0.15, 0.2) is 0 Å². The Balaban J connectivity index is 5.25. The molecule has 3 N–H and O–H groups in total. The van der Waals surface area contributed by atoms with E-state index in [1.807, 2.05) is 0 Å². The molecule has 0 aromatic carbocycles. The molecular weight excluding hydrogens is 1370 g/mol. The summed E-state index contributed by atoms with van der Waals surface area (Å²) in [6.45, 7) is 9.68. The van der Waals surface area contributed by atoms with Gasteiger partial charge in [-0.2, -0.15) is 0 Å². The molecule has 0 saturated carbocycles. The molecule has 0 aromatic heterocycles. The molecule has 0 fully saturated rings. The van der Waals surface area contributed by atoms with E-state index in [1.54, 1.807) is 0 Å². The number of rotatable bonds is 85. The van der Waals surface area contributed by atoms with Gasteiger partial charge in [0.05, 0.1) is 26.4 Å². The molecule has 19 heteroatoms. The Hall–Kier alpha value is -1.94. The molecule has 0 aliphatic rings. The van der Waals surface area contributed by atoms with E-state index >= 15 is 0 Å². The predicted octanol–water partition coefficient (Wildman–Crippen LogP) is 26.2. The highest BCUT2D eigenvalue weighted by atomic mass is 31.2. The van der Waals surface area contributed by atoms with E-state index in [4.69, 9.17) is 37.0 Å². The van der Waals surface area contributed by atoms with Gasteiger partial charge in [0.2, 0.25) is 0 Å². The summed E-state index contributed by atoms with van der Waals surface area (Å²) in [6, 6.07) is 0. The van der Waals surface area contributed by atoms with Crippen molar-refractivity contribution in [3.63, 3.8) is 0 Å². The topological polar surface area (TPSA) is 237 Å². The van der Waals surface area contributed by atoms with Crippen LogP contribution >= 0.6 is 15.6 Å². The third kappa shape index (κ3) is 78.5. The molecule has 0 rings (SSSR count). The second kappa shape index (κ2) is 77.4. The number of aliphatic hydroxyl groups excluding tert-OH is 1. The van der Waals surface area contributed by atoms with Gasteiger partial charge in [-0.25, -0.2) is 9.13 Å². The predicted molar refractivity (Wildman–Crippen MR) is 432 cm³/mol. The number of aliphatic hydroxyl groups is 1. The lowest BCUT2D eigenvalue weighted by atomic mass is 9.99. The van der Waals surface area contributed by atoms with Gasteiger partial charge in [-0.1, -0.05) is 408 Å². The van der Waals surface area contributed by atoms with Crippen LogP contribution in [-0.4, -0.2) is 96.7 Å². The Labute approximate surface area is 645 Å². The number of hydrogen-bond donors (Lipinski definition) is 3. The molecule has 0 aliphatic heterocycles. The molecule has 3 unspecified atom stereocenters. The van der Waals surface area contributed by atoms with Gasteiger partial charge in [0.25, 0.3) is 0 Å². The fraction of sp³-hybridized carbons (Fsp3) is 0.953. The van der Waals surface area contributed by atoms with E-state index in [2.05, 4.69) is 41.5 Å². The fourth-order valence-corrected chi connectivity index (χ4v) is 15.0. The standard InChI is InChI=1S/C86H168O17P2/c1-7-10-12-14-16-18-20-22-24-26-27-28-29-31-33-35-40-44-52-58-64-70-85(90)102-81(74-96-83(88)68-62-56-50-43-39-34-32-30-25-23-21-19-17-15-13-11-8-2)76-100-104(92,93)98-72-80(87)73-99-105(94,95)101-77-82(75-97-84(89)69-63-57-51-47-46-49-55-61-67-79(6)9-3)103-86(91)71-65-59-53-45-41-37-36-38-42-48-54-60-66-78(4)5/h78-82,87H,7-77H2,1-6H3,(H,92,93)(H,94,95)/t79?,80-,81-,82-/m1/s1. The second-order valence-corrected chi connectivity index (χ2v) is 34.6. The molecule has 6 atom stereocenters. The Morgan fingerprint density at radius 3 is 0.724 bits per heavy atom. The lowest BCUT2D eigenvalue weighted by Gasteiger charge is -2.21. The number of phosphoric ester groups is 2. The maximum absolute atomic E-state index is 13.1. The van der Waals surface area contributed by atoms with Crippen molar-refractivity contribution in [2.45, 2.75) is 477 Å². The summed E-state index contributed by atoms with van der Waals surface area (Å²) >= 11 is 0. The van der Waals surface area contributed by atoms with Gasteiger partial charge in [0, 0.05) is 25.7 Å². The maximum Gasteiger partial charge on any atom is 0.472 e. The molecule has 0 aliphatic carbocycles. The minimum absolute atomic E-state index is 0.107. The second-order valence-electron chi connectivity index (χ2n) is 31.6. The zero-order valence-electron chi connectivity index (χ0n) is 69.0. The van der Waals surface area contributed by atoms with Crippen molar-refractivity contribution in [2.75, 3.05) is 39.6 Å². The third-order valence-electron chi connectivity index (χ3n) is 20.6. The SMILES string of the molecule is CCCCCCCCCCCCCCCCCCCCCCCC(=O)O[C@H](COC(=O)CCCCCCCCCCCCCCCCCCC)COP(=O)(O)OC[C@@H](O)COP(=O)(O)OC[C@@H](COC(=O)CCCCCCCCCCC(C)CC)OC(=O)CCCCCCCCCCCCCCC(C)C. The molecule has 0 heterocycles. The Morgan fingerprint density at radius 2 is 0.486 bits per heavy atom. The molecule has 17 nitrogen and oxygen atoms in total. The number of carbonyl (C=O) groups is 4. The Bertz CT molecular complexity index is 2010. The first kappa shape index (κ1) is 103. The maximum atomic E-state index is 13.1. The number of unbranched alkanes of at least 4 members (excludes halogenated alkanes) is 54. The summed E-state index contributed by atoms with van der Waals surface area (Å²) < 4.78 is 68.9. The van der Waals surface area contributed by atoms with Crippen molar-refractivity contribution in [1.29, 1.82) is 0 Å². The molecule has 0 radical (unpaired) electrons. The summed E-state index contributed by atoms with van der Waals surface area (Å²) in [7, 11) is -9.93. The highest BCUT2D eigenvalue weighted by Gasteiger charge is 2.30. The van der Waals surface area contributed by atoms with Crippen LogP contribution in [0.25, 0.3) is 0 Å². The molecular formula is C86H168O17P2. The van der Waals surface area contributed by atoms with Crippen LogP contribution in [0.4, 0.5) is 0 Å². The minimum Gasteiger partial charge on any atom is -0.462 e. The van der Waals surface area contributed by atoms with Crippen molar-refractivity contribution in [2.24, 2.45) is 11.8 Å². The summed E-state index contributed by atoms with van der Waals surface area (Å²) in [5.74, 6) is -0.548. The number of carbonyl (C=O) groups excluding carboxylic acids is 4. The summed E-state index contributed by atoms with van der Waals surface area (Å²) in [5, 5.41) is 10.7. The van der Waals surface area contributed by atoms with Crippen LogP contribution in [0.2, 0.25) is 0 Å². The van der Waals surface area contributed by atoms with Crippen LogP contribution in [-0.2, 0) is 65.4 Å². The smallest absolute Gasteiger partial charge is 0.462 e. The molecule has 105 heavy (non-hydrogen) atoms. The van der Waals surface area contributed by atoms with E-state index in [0.717, 1.165) is 102 Å². The Morgan fingerprint density at radius 1 is 0.276 bits per heavy atom. The number of phosphoric acid groups is 2.